The molecule has 0 spiro atoms. The zero-order valence-electron chi connectivity index (χ0n) is 11.6. The van der Waals surface area contributed by atoms with Crippen LogP contribution >= 0.6 is 0 Å². The van der Waals surface area contributed by atoms with Gasteiger partial charge >= 0.3 is 0 Å². The predicted molar refractivity (Wildman–Crippen MR) is 69.3 cm³/mol. The molecular weight excluding hydrogens is 186 g/mol. The molecule has 0 saturated carbocycles. The van der Waals surface area contributed by atoms with E-state index in [0.29, 0.717) is 17.1 Å². The first kappa shape index (κ1) is 14.2. The fraction of sp³-hybridized carbons (Fsp3) is 1.00. The van der Waals surface area contributed by atoms with Crippen molar-refractivity contribution in [1.29, 1.82) is 0 Å². The molecule has 0 aromatic heterocycles. The van der Waals surface area contributed by atoms with Gasteiger partial charge in [-0.05, 0) is 17.1 Å². The van der Waals surface area contributed by atoms with Crippen molar-refractivity contribution in [3.8, 4) is 0 Å². The van der Waals surface area contributed by atoms with Crippen LogP contribution in [0.5, 0.6) is 0 Å². The van der Waals surface area contributed by atoms with Crippen LogP contribution in [0, 0.1) is 0 Å². The first-order valence-electron chi connectivity index (χ1n) is 5.80. The van der Waals surface area contributed by atoms with Crippen molar-refractivity contribution in [2.75, 3.05) is 0 Å². The van der Waals surface area contributed by atoms with E-state index in [2.05, 4.69) is 66.1 Å². The molecule has 0 aromatic carbocycles. The van der Waals surface area contributed by atoms with Gasteiger partial charge in [-0.1, -0.05) is 61.6 Å². The summed E-state index contributed by atoms with van der Waals surface area (Å²) in [5, 5.41) is 0.446. The highest BCUT2D eigenvalue weighted by Crippen LogP contribution is 2.39. The number of nitrogens with zero attached hydrogens (tertiary/aromatic N) is 1. The molecule has 14 heavy (non-hydrogen) atoms. The normalized spacial score (nSPS) is 14.6. The Bertz CT molecular complexity index is 169. The monoisotopic (exact) mass is 215 g/mol. The number of rotatable bonds is 3. The molecule has 0 unspecified atom stereocenters. The summed E-state index contributed by atoms with van der Waals surface area (Å²) in [5.74, 6) is 0. The summed E-state index contributed by atoms with van der Waals surface area (Å²) < 4.78 is 2.74. The highest BCUT2D eigenvalue weighted by molar-refractivity contribution is 6.77. The molecule has 0 atom stereocenters. The van der Waals surface area contributed by atoms with Crippen molar-refractivity contribution in [3.63, 3.8) is 0 Å². The van der Waals surface area contributed by atoms with Gasteiger partial charge in [-0.15, -0.1) is 0 Å². The molecule has 0 aromatic rings. The molecule has 2 heteroatoms. The molecule has 0 rings (SSSR count). The van der Waals surface area contributed by atoms with Gasteiger partial charge in [0, 0.05) is 0 Å². The average molecular weight is 215 g/mol. The van der Waals surface area contributed by atoms with E-state index in [9.17, 15) is 0 Å². The molecule has 0 aliphatic heterocycles. The lowest BCUT2D eigenvalue weighted by atomic mass is 10.2. The molecule has 0 bridgehead atoms. The Hall–Kier alpha value is 0.177. The maximum atomic E-state index is 2.74. The highest BCUT2D eigenvalue weighted by atomic mass is 28.3. The summed E-state index contributed by atoms with van der Waals surface area (Å²) >= 11 is 0. The third-order valence-electron chi connectivity index (χ3n) is 3.59. The van der Waals surface area contributed by atoms with E-state index < -0.39 is 8.24 Å². The van der Waals surface area contributed by atoms with E-state index in [1.165, 1.54) is 0 Å². The first-order chi connectivity index (χ1) is 6.01. The third kappa shape index (κ3) is 2.83. The Morgan fingerprint density at radius 3 is 1.21 bits per heavy atom. The van der Waals surface area contributed by atoms with E-state index in [4.69, 9.17) is 0 Å². The summed E-state index contributed by atoms with van der Waals surface area (Å²) in [5.41, 5.74) is 0. The zero-order chi connectivity index (χ0) is 11.7. The minimum absolute atomic E-state index is 0.446. The van der Waals surface area contributed by atoms with Crippen molar-refractivity contribution in [1.82, 2.24) is 4.57 Å². The van der Waals surface area contributed by atoms with Gasteiger partial charge in [-0.3, -0.25) is 0 Å². The van der Waals surface area contributed by atoms with Gasteiger partial charge in [-0.25, -0.2) is 0 Å². The fourth-order valence-corrected chi connectivity index (χ4v) is 5.63. The molecule has 0 aliphatic carbocycles. The van der Waals surface area contributed by atoms with Crippen molar-refractivity contribution < 1.29 is 0 Å². The van der Waals surface area contributed by atoms with Crippen LogP contribution in [0.1, 0.15) is 48.5 Å². The number of hydrogen-bond acceptors (Lipinski definition) is 1. The molecule has 0 fully saturated rings. The molecule has 0 amide bonds. The second kappa shape index (κ2) is 4.36. The van der Waals surface area contributed by atoms with E-state index in [1.54, 1.807) is 0 Å². The van der Waals surface area contributed by atoms with Crippen LogP contribution in [0.15, 0.2) is 0 Å². The second-order valence-corrected chi connectivity index (χ2v) is 11.5. The summed E-state index contributed by atoms with van der Waals surface area (Å²) in [7, 11) is -1.33. The molecule has 0 saturated heterocycles. The fourth-order valence-electron chi connectivity index (χ4n) is 2.27. The quantitative estimate of drug-likeness (QED) is 0.640. The molecule has 86 valence electrons. The summed E-state index contributed by atoms with van der Waals surface area (Å²) in [6.07, 6.45) is 0. The Morgan fingerprint density at radius 1 is 0.857 bits per heavy atom. The van der Waals surface area contributed by atoms with Gasteiger partial charge in [0.1, 0.15) is 8.24 Å². The SMILES string of the molecule is CC(C)N(C(C)C)[Si](C)(C)C(C)(C)C. The van der Waals surface area contributed by atoms with Gasteiger partial charge in [0.2, 0.25) is 0 Å². The largest absolute Gasteiger partial charge is 0.319 e. The predicted octanol–water partition coefficient (Wildman–Crippen LogP) is 4.11. The van der Waals surface area contributed by atoms with Gasteiger partial charge < -0.3 is 4.57 Å². The molecular formula is C12H29NSi. The maximum Gasteiger partial charge on any atom is 0.128 e. The van der Waals surface area contributed by atoms with Crippen LogP contribution in [0.4, 0.5) is 0 Å². The highest BCUT2D eigenvalue weighted by Gasteiger charge is 2.42. The average Bonchev–Trinajstić information content (AvgIpc) is 1.79. The standard InChI is InChI=1S/C12H29NSi/c1-10(2)13(11(3)4)14(8,9)12(5,6)7/h10-11H,1-9H3. The Labute approximate surface area is 92.0 Å². The smallest absolute Gasteiger partial charge is 0.128 e. The first-order valence-corrected chi connectivity index (χ1v) is 8.75. The van der Waals surface area contributed by atoms with Crippen LogP contribution in [0.3, 0.4) is 0 Å². The molecule has 1 nitrogen and oxygen atoms in total. The lowest BCUT2D eigenvalue weighted by Crippen LogP contribution is -2.60. The minimum atomic E-state index is -1.33. The lowest BCUT2D eigenvalue weighted by molar-refractivity contribution is 0.281. The molecule has 0 radical (unpaired) electrons. The van der Waals surface area contributed by atoms with Gasteiger partial charge in [-0.2, -0.15) is 0 Å². The van der Waals surface area contributed by atoms with Gasteiger partial charge in [0.15, 0.2) is 0 Å². The molecule has 0 N–H and O–H groups in total. The zero-order valence-corrected chi connectivity index (χ0v) is 12.6. The van der Waals surface area contributed by atoms with Crippen LogP contribution < -0.4 is 0 Å². The number of hydrogen-bond donors (Lipinski definition) is 0. The van der Waals surface area contributed by atoms with Crippen LogP contribution in [-0.4, -0.2) is 24.9 Å². The van der Waals surface area contributed by atoms with Crippen molar-refractivity contribution in [3.05, 3.63) is 0 Å². The summed E-state index contributed by atoms with van der Waals surface area (Å²) in [6.45, 7) is 21.4. The lowest BCUT2D eigenvalue weighted by Gasteiger charge is -2.50. The summed E-state index contributed by atoms with van der Waals surface area (Å²) in [4.78, 5) is 0. The molecule has 0 heterocycles. The maximum absolute atomic E-state index is 2.74. The van der Waals surface area contributed by atoms with Crippen LogP contribution in [0.25, 0.3) is 0 Å². The molecule has 0 aliphatic rings. The van der Waals surface area contributed by atoms with Crippen molar-refractivity contribution in [2.45, 2.75) is 78.7 Å². The van der Waals surface area contributed by atoms with Crippen molar-refractivity contribution >= 4 is 8.24 Å². The van der Waals surface area contributed by atoms with E-state index >= 15 is 0 Å². The van der Waals surface area contributed by atoms with Crippen LogP contribution in [-0.2, 0) is 0 Å². The Balaban J connectivity index is 5.01. The topological polar surface area (TPSA) is 3.24 Å². The van der Waals surface area contributed by atoms with Gasteiger partial charge in [0.25, 0.3) is 0 Å². The Morgan fingerprint density at radius 2 is 1.14 bits per heavy atom. The van der Waals surface area contributed by atoms with E-state index in [0.717, 1.165) is 0 Å². The van der Waals surface area contributed by atoms with Crippen LogP contribution in [0.2, 0.25) is 18.1 Å². The third-order valence-corrected chi connectivity index (χ3v) is 9.59. The summed E-state index contributed by atoms with van der Waals surface area (Å²) in [6, 6.07) is 1.33. The Kier molecular flexibility index (Phi) is 4.41. The van der Waals surface area contributed by atoms with E-state index in [1.807, 2.05) is 0 Å². The second-order valence-electron chi connectivity index (χ2n) is 6.40. The van der Waals surface area contributed by atoms with Crippen molar-refractivity contribution in [2.24, 2.45) is 0 Å². The minimum Gasteiger partial charge on any atom is -0.319 e. The van der Waals surface area contributed by atoms with Gasteiger partial charge in [0.05, 0.1) is 0 Å². The van der Waals surface area contributed by atoms with E-state index in [-0.39, 0.29) is 0 Å².